The van der Waals surface area contributed by atoms with Gasteiger partial charge in [-0.2, -0.15) is 0 Å². The highest BCUT2D eigenvalue weighted by Gasteiger charge is 1.87. The van der Waals surface area contributed by atoms with Crippen LogP contribution in [0.4, 0.5) is 11.4 Å². The monoisotopic (exact) mass is 282 g/mol. The molecule has 0 unspecified atom stereocenters. The summed E-state index contributed by atoms with van der Waals surface area (Å²) in [6.07, 6.45) is 3.79. The molecule has 6 nitrogen and oxygen atoms in total. The fourth-order valence-electron chi connectivity index (χ4n) is 1.37. The lowest BCUT2D eigenvalue weighted by Crippen LogP contribution is -1.85. The number of aldehydes is 1. The van der Waals surface area contributed by atoms with Gasteiger partial charge in [0.2, 0.25) is 0 Å². The maximum atomic E-state index is 9.99. The third kappa shape index (κ3) is 6.58. The lowest BCUT2D eigenvalue weighted by atomic mass is 10.2. The number of nitrogens with one attached hydrogen (secondary N) is 1. The standard InChI is InChI=1S/C9H7N3O.C6H7NO/c10-12-11-9-5-3-8(4-6-9)2-1-7-13;8-7-6-4-2-1-3-5-6/h1-7H;1-5,7-8H. The molecule has 0 aliphatic rings. The van der Waals surface area contributed by atoms with Gasteiger partial charge in [0.25, 0.3) is 0 Å². The summed E-state index contributed by atoms with van der Waals surface area (Å²) in [5.41, 5.74) is 12.3. The van der Waals surface area contributed by atoms with E-state index in [0.29, 0.717) is 17.7 Å². The van der Waals surface area contributed by atoms with Gasteiger partial charge < -0.3 is 0 Å². The summed E-state index contributed by atoms with van der Waals surface area (Å²) in [4.78, 5) is 12.6. The highest BCUT2D eigenvalue weighted by Crippen LogP contribution is 2.13. The van der Waals surface area contributed by atoms with Crippen LogP contribution in [0.3, 0.4) is 0 Å². The fraction of sp³-hybridized carbons (Fsp3) is 0. The summed E-state index contributed by atoms with van der Waals surface area (Å²) in [6.45, 7) is 0. The Morgan fingerprint density at radius 1 is 1.10 bits per heavy atom. The first-order chi connectivity index (χ1) is 10.3. The Morgan fingerprint density at radius 2 is 1.76 bits per heavy atom. The minimum absolute atomic E-state index is 0.561. The average Bonchev–Trinajstić information content (AvgIpc) is 2.56. The predicted octanol–water partition coefficient (Wildman–Crippen LogP) is 4.33. The Morgan fingerprint density at radius 3 is 2.24 bits per heavy atom. The average molecular weight is 282 g/mol. The van der Waals surface area contributed by atoms with Crippen molar-refractivity contribution < 1.29 is 10.0 Å². The molecule has 2 N–H and O–H groups in total. The Labute approximate surface area is 121 Å². The lowest BCUT2D eigenvalue weighted by Gasteiger charge is -1.92. The van der Waals surface area contributed by atoms with Crippen molar-refractivity contribution in [2.45, 2.75) is 0 Å². The first-order valence-corrected chi connectivity index (χ1v) is 6.02. The van der Waals surface area contributed by atoms with E-state index in [2.05, 4.69) is 10.0 Å². The zero-order valence-electron chi connectivity index (χ0n) is 11.1. The van der Waals surface area contributed by atoms with Gasteiger partial charge in [0, 0.05) is 10.6 Å². The molecule has 6 heteroatoms. The topological polar surface area (TPSA) is 98.1 Å². The van der Waals surface area contributed by atoms with Crippen molar-refractivity contribution in [3.63, 3.8) is 0 Å². The molecule has 0 saturated heterocycles. The van der Waals surface area contributed by atoms with E-state index in [1.807, 2.05) is 23.7 Å². The van der Waals surface area contributed by atoms with Crippen molar-refractivity contribution in [3.8, 4) is 0 Å². The number of carbonyl (C=O) groups excluding carboxylic acids is 1. The number of azide groups is 1. The SMILES string of the molecule is ONc1ccccc1.[N-]=[N+]=Nc1ccc(C=CC=O)cc1. The smallest absolute Gasteiger partial charge is 0.142 e. The van der Waals surface area contributed by atoms with Gasteiger partial charge >= 0.3 is 0 Å². The van der Waals surface area contributed by atoms with Gasteiger partial charge in [-0.15, -0.1) is 0 Å². The summed E-state index contributed by atoms with van der Waals surface area (Å²) in [5.74, 6) is 0. The number of nitrogens with zero attached hydrogens (tertiary/aromatic N) is 3. The van der Waals surface area contributed by atoms with Gasteiger partial charge in [-0.25, -0.2) is 0 Å². The zero-order chi connectivity index (χ0) is 15.3. The molecular weight excluding hydrogens is 268 g/mol. The molecule has 0 spiro atoms. The molecule has 0 aliphatic heterocycles. The Balaban J connectivity index is 0.000000235. The van der Waals surface area contributed by atoms with Crippen LogP contribution in [0.2, 0.25) is 0 Å². The lowest BCUT2D eigenvalue weighted by molar-refractivity contribution is -0.104. The van der Waals surface area contributed by atoms with Crippen molar-refractivity contribution in [1.82, 2.24) is 0 Å². The van der Waals surface area contributed by atoms with Crippen LogP contribution >= 0.6 is 0 Å². The molecule has 0 fully saturated rings. The highest BCUT2D eigenvalue weighted by molar-refractivity contribution is 5.74. The molecule has 0 aromatic heterocycles. The normalized spacial score (nSPS) is 9.19. The minimum atomic E-state index is 0.561. The maximum Gasteiger partial charge on any atom is 0.142 e. The van der Waals surface area contributed by atoms with E-state index in [1.165, 1.54) is 6.08 Å². The molecule has 2 aromatic carbocycles. The van der Waals surface area contributed by atoms with Crippen LogP contribution in [0.15, 0.2) is 65.8 Å². The number of hydrogen-bond acceptors (Lipinski definition) is 4. The fourth-order valence-corrected chi connectivity index (χ4v) is 1.37. The zero-order valence-corrected chi connectivity index (χ0v) is 11.1. The van der Waals surface area contributed by atoms with E-state index in [9.17, 15) is 4.79 Å². The van der Waals surface area contributed by atoms with Crippen molar-refractivity contribution >= 4 is 23.7 Å². The summed E-state index contributed by atoms with van der Waals surface area (Å²) in [5, 5.41) is 11.7. The Kier molecular flexibility index (Phi) is 7.45. The maximum absolute atomic E-state index is 9.99. The number of allylic oxidation sites excluding steroid dienone is 1. The van der Waals surface area contributed by atoms with E-state index < -0.39 is 0 Å². The highest BCUT2D eigenvalue weighted by atomic mass is 16.5. The number of hydrogen-bond donors (Lipinski definition) is 2. The van der Waals surface area contributed by atoms with Crippen molar-refractivity contribution in [3.05, 3.63) is 76.7 Å². The van der Waals surface area contributed by atoms with Gasteiger partial charge in [0.05, 0.1) is 5.69 Å². The first-order valence-electron chi connectivity index (χ1n) is 6.02. The van der Waals surface area contributed by atoms with E-state index in [4.69, 9.17) is 10.7 Å². The molecule has 21 heavy (non-hydrogen) atoms. The molecule has 0 saturated carbocycles. The number of rotatable bonds is 4. The second-order valence-corrected chi connectivity index (χ2v) is 3.75. The van der Waals surface area contributed by atoms with Crippen molar-refractivity contribution in [2.75, 3.05) is 5.48 Å². The number of benzene rings is 2. The van der Waals surface area contributed by atoms with Crippen LogP contribution in [-0.4, -0.2) is 11.5 Å². The van der Waals surface area contributed by atoms with Crippen LogP contribution in [0.5, 0.6) is 0 Å². The van der Waals surface area contributed by atoms with Crippen molar-refractivity contribution in [1.29, 1.82) is 0 Å². The van der Waals surface area contributed by atoms with Crippen LogP contribution in [0.1, 0.15) is 5.56 Å². The first kappa shape index (κ1) is 16.0. The summed E-state index contributed by atoms with van der Waals surface area (Å²) in [7, 11) is 0. The van der Waals surface area contributed by atoms with Crippen LogP contribution < -0.4 is 5.48 Å². The number of para-hydroxylation sites is 1. The van der Waals surface area contributed by atoms with Gasteiger partial charge in [-0.1, -0.05) is 53.7 Å². The molecular formula is C15H14N4O2. The molecule has 0 bridgehead atoms. The number of carbonyl (C=O) groups is 1. The van der Waals surface area contributed by atoms with E-state index in [1.54, 1.807) is 42.5 Å². The summed E-state index contributed by atoms with van der Waals surface area (Å²) >= 11 is 0. The van der Waals surface area contributed by atoms with E-state index in [0.717, 1.165) is 5.56 Å². The predicted molar refractivity (Wildman–Crippen MR) is 82.2 cm³/mol. The number of anilines is 1. The van der Waals surface area contributed by atoms with Crippen LogP contribution in [0, 0.1) is 0 Å². The molecule has 0 atom stereocenters. The van der Waals surface area contributed by atoms with Gasteiger partial charge in [0.15, 0.2) is 0 Å². The minimum Gasteiger partial charge on any atom is -0.299 e. The third-order valence-corrected chi connectivity index (χ3v) is 2.32. The molecule has 0 amide bonds. The molecule has 106 valence electrons. The largest absolute Gasteiger partial charge is 0.299 e. The molecule has 2 rings (SSSR count). The van der Waals surface area contributed by atoms with E-state index >= 15 is 0 Å². The molecule has 2 aromatic rings. The Hall–Kier alpha value is -3.08. The molecule has 0 aliphatic carbocycles. The van der Waals surface area contributed by atoms with Gasteiger partial charge in [-0.05, 0) is 29.3 Å². The summed E-state index contributed by atoms with van der Waals surface area (Å²) < 4.78 is 0. The molecule has 0 heterocycles. The van der Waals surface area contributed by atoms with Gasteiger partial charge in [0.1, 0.15) is 6.29 Å². The van der Waals surface area contributed by atoms with Gasteiger partial charge in [-0.3, -0.25) is 15.5 Å². The Bertz CT molecular complexity index is 618. The van der Waals surface area contributed by atoms with Crippen LogP contribution in [-0.2, 0) is 4.79 Å². The second kappa shape index (κ2) is 9.80. The third-order valence-electron chi connectivity index (χ3n) is 2.32. The van der Waals surface area contributed by atoms with Crippen molar-refractivity contribution in [2.24, 2.45) is 5.11 Å². The summed E-state index contributed by atoms with van der Waals surface area (Å²) in [6, 6.07) is 16.0. The second-order valence-electron chi connectivity index (χ2n) is 3.75. The van der Waals surface area contributed by atoms with E-state index in [-0.39, 0.29) is 0 Å². The van der Waals surface area contributed by atoms with Crippen LogP contribution in [0.25, 0.3) is 16.5 Å². The molecule has 0 radical (unpaired) electrons. The quantitative estimate of drug-likeness (QED) is 0.218.